The molecule has 8 nitrogen and oxygen atoms in total. The van der Waals surface area contributed by atoms with Crippen LogP contribution >= 0.6 is 11.6 Å². The third kappa shape index (κ3) is 4.42. The molecule has 9 heteroatoms. The lowest BCUT2D eigenvalue weighted by Crippen LogP contribution is -2.59. The Hall–Kier alpha value is -3.20. The number of carbonyl (C=O) groups excluding carboxylic acids is 3. The fourth-order valence-electron chi connectivity index (χ4n) is 7.02. The normalized spacial score (nSPS) is 29.2. The van der Waals surface area contributed by atoms with Crippen molar-refractivity contribution in [2.75, 3.05) is 24.7 Å². The number of fused-ring (bicyclic) bond motifs is 1. The van der Waals surface area contributed by atoms with Crippen molar-refractivity contribution in [2.24, 2.45) is 11.8 Å². The fraction of sp³-hybridized carbons (Fsp3) is 0.452. The van der Waals surface area contributed by atoms with Crippen LogP contribution in [0.15, 0.2) is 67.3 Å². The van der Waals surface area contributed by atoms with Gasteiger partial charge in [-0.3, -0.25) is 14.4 Å². The second-order valence-corrected chi connectivity index (χ2v) is 11.3. The molecular weight excluding hydrogens is 532 g/mol. The van der Waals surface area contributed by atoms with Gasteiger partial charge in [-0.25, -0.2) is 0 Å². The first-order valence-corrected chi connectivity index (χ1v) is 14.1. The minimum Gasteiger partial charge on any atom is -0.466 e. The highest BCUT2D eigenvalue weighted by atomic mass is 35.5. The summed E-state index contributed by atoms with van der Waals surface area (Å²) in [6.45, 7) is 7.31. The SMILES string of the molecule is C=CCN(C(=O)C1N([C@@H](CO)Cc2ccccc2)C(=O)[C@@H]2[C@@H](C(=O)OCC)[C@@]3(C)CCC12O3)c1ccccc1Cl. The molecule has 40 heavy (non-hydrogen) atoms. The van der Waals surface area contributed by atoms with Gasteiger partial charge < -0.3 is 24.4 Å². The van der Waals surface area contributed by atoms with Crippen LogP contribution in [0.5, 0.6) is 0 Å². The van der Waals surface area contributed by atoms with E-state index in [4.69, 9.17) is 21.1 Å². The molecule has 0 radical (unpaired) electrons. The van der Waals surface area contributed by atoms with Gasteiger partial charge in [-0.1, -0.05) is 60.1 Å². The van der Waals surface area contributed by atoms with Crippen molar-refractivity contribution in [1.82, 2.24) is 4.90 Å². The number of amides is 2. The van der Waals surface area contributed by atoms with E-state index in [1.807, 2.05) is 37.3 Å². The molecule has 1 spiro atoms. The number of aliphatic hydroxyl groups is 1. The molecule has 2 bridgehead atoms. The van der Waals surface area contributed by atoms with Gasteiger partial charge in [0.15, 0.2) is 0 Å². The smallest absolute Gasteiger partial charge is 0.312 e. The molecule has 2 unspecified atom stereocenters. The molecule has 1 N–H and O–H groups in total. The molecule has 2 aromatic rings. The maximum absolute atomic E-state index is 14.7. The molecule has 3 aliphatic heterocycles. The number of likely N-dealkylation sites (tertiary alicyclic amines) is 1. The lowest BCUT2D eigenvalue weighted by molar-refractivity contribution is -0.160. The Labute approximate surface area is 239 Å². The number of carbonyl (C=O) groups is 3. The summed E-state index contributed by atoms with van der Waals surface area (Å²) >= 11 is 6.54. The topological polar surface area (TPSA) is 96.4 Å². The maximum atomic E-state index is 14.7. The summed E-state index contributed by atoms with van der Waals surface area (Å²) in [5.74, 6) is -3.06. The minimum atomic E-state index is -1.26. The van der Waals surface area contributed by atoms with E-state index in [0.29, 0.717) is 30.0 Å². The number of nitrogens with zero attached hydrogens (tertiary/aromatic N) is 2. The van der Waals surface area contributed by atoms with Crippen LogP contribution in [-0.4, -0.2) is 70.8 Å². The number of anilines is 1. The first-order valence-electron chi connectivity index (χ1n) is 13.7. The van der Waals surface area contributed by atoms with E-state index in [1.165, 1.54) is 9.80 Å². The first-order chi connectivity index (χ1) is 19.2. The number of ether oxygens (including phenoxy) is 2. The van der Waals surface area contributed by atoms with Gasteiger partial charge in [0.1, 0.15) is 17.6 Å². The number of rotatable bonds is 10. The van der Waals surface area contributed by atoms with Crippen LogP contribution in [0.2, 0.25) is 5.02 Å². The lowest BCUT2D eigenvalue weighted by Gasteiger charge is -2.39. The van der Waals surface area contributed by atoms with Gasteiger partial charge in [0, 0.05) is 6.54 Å². The Morgan fingerprint density at radius 1 is 1.23 bits per heavy atom. The van der Waals surface area contributed by atoms with Gasteiger partial charge >= 0.3 is 5.97 Å². The van der Waals surface area contributed by atoms with Gasteiger partial charge in [0.25, 0.3) is 5.91 Å². The van der Waals surface area contributed by atoms with Crippen molar-refractivity contribution in [3.63, 3.8) is 0 Å². The monoisotopic (exact) mass is 566 g/mol. The van der Waals surface area contributed by atoms with Gasteiger partial charge in [-0.05, 0) is 50.8 Å². The molecule has 3 aliphatic rings. The molecule has 3 heterocycles. The van der Waals surface area contributed by atoms with Crippen LogP contribution < -0.4 is 4.90 Å². The van der Waals surface area contributed by atoms with Crippen LogP contribution in [0.4, 0.5) is 5.69 Å². The second kappa shape index (κ2) is 11.0. The maximum Gasteiger partial charge on any atom is 0.312 e. The largest absolute Gasteiger partial charge is 0.466 e. The van der Waals surface area contributed by atoms with Crippen molar-refractivity contribution >= 4 is 35.1 Å². The van der Waals surface area contributed by atoms with Crippen LogP contribution in [0, 0.1) is 11.8 Å². The van der Waals surface area contributed by atoms with E-state index in [2.05, 4.69) is 6.58 Å². The Morgan fingerprint density at radius 2 is 1.93 bits per heavy atom. The summed E-state index contributed by atoms with van der Waals surface area (Å²) in [6.07, 6.45) is 2.83. The van der Waals surface area contributed by atoms with E-state index < -0.39 is 47.0 Å². The zero-order chi connectivity index (χ0) is 28.7. The minimum absolute atomic E-state index is 0.142. The van der Waals surface area contributed by atoms with E-state index in [9.17, 15) is 19.5 Å². The Bertz CT molecular complexity index is 1300. The molecule has 2 amide bonds. The van der Waals surface area contributed by atoms with Crippen molar-refractivity contribution in [3.05, 3.63) is 77.8 Å². The second-order valence-electron chi connectivity index (χ2n) is 10.9. The van der Waals surface area contributed by atoms with Crippen LogP contribution in [-0.2, 0) is 30.3 Å². The molecule has 6 atom stereocenters. The first kappa shape index (κ1) is 28.3. The predicted octanol–water partition coefficient (Wildman–Crippen LogP) is 3.79. The van der Waals surface area contributed by atoms with Crippen molar-refractivity contribution in [1.29, 1.82) is 0 Å². The highest BCUT2D eigenvalue weighted by Crippen LogP contribution is 2.64. The molecule has 3 fully saturated rings. The highest BCUT2D eigenvalue weighted by Gasteiger charge is 2.79. The third-order valence-corrected chi connectivity index (χ3v) is 8.95. The van der Waals surface area contributed by atoms with Crippen molar-refractivity contribution in [2.45, 2.75) is 56.4 Å². The molecule has 0 aromatic heterocycles. The lowest BCUT2D eigenvalue weighted by atomic mass is 9.66. The average Bonchev–Trinajstić information content (AvgIpc) is 3.52. The number of benzene rings is 2. The standard InChI is InChI=1S/C31H35ClN2O6/c1-4-17-33(23-14-10-9-13-22(23)32)28(37)26-31-16-15-30(3,40-31)25(29(38)39-5-2)24(31)27(36)34(26)21(19-35)18-20-11-7-6-8-12-20/h4,6-14,21,24-26,35H,1,5,15-19H2,2-3H3/t21-,24+,25+,26?,30-,31?/m1/s1. The van der Waals surface area contributed by atoms with Crippen LogP contribution in [0.1, 0.15) is 32.3 Å². The van der Waals surface area contributed by atoms with Crippen molar-refractivity contribution in [3.8, 4) is 0 Å². The van der Waals surface area contributed by atoms with Crippen molar-refractivity contribution < 1.29 is 29.0 Å². The summed E-state index contributed by atoms with van der Waals surface area (Å²) in [5, 5.41) is 11.0. The van der Waals surface area contributed by atoms with Crippen LogP contribution in [0.3, 0.4) is 0 Å². The number of para-hydroxylation sites is 1. The molecule has 0 saturated carbocycles. The molecule has 5 rings (SSSR count). The van der Waals surface area contributed by atoms with Gasteiger partial charge in [0.2, 0.25) is 5.91 Å². The Balaban J connectivity index is 1.64. The summed E-state index contributed by atoms with van der Waals surface area (Å²) in [7, 11) is 0. The van der Waals surface area contributed by atoms with Gasteiger partial charge in [0.05, 0.1) is 41.5 Å². The average molecular weight is 567 g/mol. The molecule has 212 valence electrons. The molecular formula is C31H35ClN2O6. The number of hydrogen-bond acceptors (Lipinski definition) is 6. The van der Waals surface area contributed by atoms with E-state index >= 15 is 0 Å². The van der Waals surface area contributed by atoms with Gasteiger partial charge in [-0.2, -0.15) is 0 Å². The fourth-order valence-corrected chi connectivity index (χ4v) is 7.26. The van der Waals surface area contributed by atoms with Crippen LogP contribution in [0.25, 0.3) is 0 Å². The summed E-state index contributed by atoms with van der Waals surface area (Å²) in [5.41, 5.74) is -0.821. The zero-order valence-electron chi connectivity index (χ0n) is 22.8. The summed E-state index contributed by atoms with van der Waals surface area (Å²) in [6, 6.07) is 14.7. The van der Waals surface area contributed by atoms with E-state index in [1.54, 1.807) is 37.3 Å². The quantitative estimate of drug-likeness (QED) is 0.347. The number of halogens is 1. The summed E-state index contributed by atoms with van der Waals surface area (Å²) < 4.78 is 12.1. The molecule has 0 aliphatic carbocycles. The molecule has 3 saturated heterocycles. The highest BCUT2D eigenvalue weighted by molar-refractivity contribution is 6.34. The molecule has 2 aromatic carbocycles. The van der Waals surface area contributed by atoms with Gasteiger partial charge in [-0.15, -0.1) is 6.58 Å². The van der Waals surface area contributed by atoms with E-state index in [-0.39, 0.29) is 25.7 Å². The van der Waals surface area contributed by atoms with E-state index in [0.717, 1.165) is 5.56 Å². The predicted molar refractivity (Wildman–Crippen MR) is 151 cm³/mol. The number of esters is 1. The Morgan fingerprint density at radius 3 is 2.58 bits per heavy atom. The summed E-state index contributed by atoms with van der Waals surface area (Å²) in [4.78, 5) is 45.4. The third-order valence-electron chi connectivity index (χ3n) is 8.63. The number of hydrogen-bond donors (Lipinski definition) is 1. The number of aliphatic hydroxyl groups excluding tert-OH is 1. The zero-order valence-corrected chi connectivity index (χ0v) is 23.5. The Kier molecular flexibility index (Phi) is 7.79.